The first-order chi connectivity index (χ1) is 12.7. The van der Waals surface area contributed by atoms with Crippen molar-refractivity contribution in [3.05, 3.63) is 60.2 Å². The number of aromatic nitrogens is 2. The van der Waals surface area contributed by atoms with E-state index in [0.29, 0.717) is 18.3 Å². The smallest absolute Gasteiger partial charge is 0.307 e. The Bertz CT molecular complexity index is 890. The summed E-state index contributed by atoms with van der Waals surface area (Å²) in [4.78, 5) is 17.7. The molecule has 26 heavy (non-hydrogen) atoms. The maximum absolute atomic E-state index is 11.1. The molecule has 1 aliphatic rings. The van der Waals surface area contributed by atoms with Crippen molar-refractivity contribution in [3.63, 3.8) is 0 Å². The lowest BCUT2D eigenvalue weighted by atomic mass is 10.1. The van der Waals surface area contributed by atoms with Crippen LogP contribution >= 0.6 is 0 Å². The highest BCUT2D eigenvalue weighted by Crippen LogP contribution is 2.23. The number of carboxylic acids is 1. The van der Waals surface area contributed by atoms with Gasteiger partial charge in [0.2, 0.25) is 5.82 Å². The van der Waals surface area contributed by atoms with Crippen LogP contribution in [-0.2, 0) is 11.3 Å². The van der Waals surface area contributed by atoms with Gasteiger partial charge in [-0.25, -0.2) is 0 Å². The number of carboxylic acid groups (broad SMARTS) is 1. The topological polar surface area (TPSA) is 79.5 Å². The Labute approximate surface area is 151 Å². The van der Waals surface area contributed by atoms with Gasteiger partial charge in [0.15, 0.2) is 0 Å². The number of rotatable bonds is 5. The van der Waals surface area contributed by atoms with E-state index in [4.69, 9.17) is 9.63 Å². The highest BCUT2D eigenvalue weighted by Gasteiger charge is 2.27. The summed E-state index contributed by atoms with van der Waals surface area (Å²) in [5.74, 6) is 0.114. The lowest BCUT2D eigenvalue weighted by molar-refractivity contribution is -0.141. The molecule has 1 atom stereocenters. The molecule has 2 heterocycles. The minimum absolute atomic E-state index is 0.245. The highest BCUT2D eigenvalue weighted by molar-refractivity contribution is 5.70. The second kappa shape index (κ2) is 7.09. The quantitative estimate of drug-likeness (QED) is 0.761. The van der Waals surface area contributed by atoms with Crippen LogP contribution in [0.15, 0.2) is 59.1 Å². The van der Waals surface area contributed by atoms with Crippen molar-refractivity contribution < 1.29 is 14.4 Å². The molecule has 6 nitrogen and oxygen atoms in total. The summed E-state index contributed by atoms with van der Waals surface area (Å²) in [6.07, 6.45) is 0.721. The fraction of sp³-hybridized carbons (Fsp3) is 0.250. The van der Waals surface area contributed by atoms with Gasteiger partial charge in [-0.1, -0.05) is 47.6 Å². The predicted octanol–water partition coefficient (Wildman–Crippen LogP) is 3.31. The summed E-state index contributed by atoms with van der Waals surface area (Å²) in [5, 5.41) is 13.2. The number of benzene rings is 2. The summed E-state index contributed by atoms with van der Waals surface area (Å²) in [7, 11) is 0. The number of hydrogen-bond acceptors (Lipinski definition) is 5. The van der Waals surface area contributed by atoms with Crippen LogP contribution in [0.25, 0.3) is 22.8 Å². The molecule has 6 heteroatoms. The number of likely N-dealkylation sites (tertiary alicyclic amines) is 1. The first-order valence-corrected chi connectivity index (χ1v) is 8.62. The number of carbonyl (C=O) groups is 1. The zero-order valence-corrected chi connectivity index (χ0v) is 14.2. The molecular weight excluding hydrogens is 330 g/mol. The first kappa shape index (κ1) is 16.5. The van der Waals surface area contributed by atoms with Gasteiger partial charge in [-0.05, 0) is 30.7 Å². The Morgan fingerprint density at radius 2 is 1.88 bits per heavy atom. The van der Waals surface area contributed by atoms with E-state index in [1.807, 2.05) is 54.6 Å². The number of nitrogens with zero attached hydrogens (tertiary/aromatic N) is 3. The van der Waals surface area contributed by atoms with E-state index in [-0.39, 0.29) is 5.92 Å². The van der Waals surface area contributed by atoms with Crippen molar-refractivity contribution >= 4 is 5.97 Å². The Hall–Kier alpha value is -2.99. The van der Waals surface area contributed by atoms with Gasteiger partial charge in [0.1, 0.15) is 0 Å². The first-order valence-electron chi connectivity index (χ1n) is 8.62. The average molecular weight is 349 g/mol. The van der Waals surface area contributed by atoms with E-state index in [0.717, 1.165) is 36.2 Å². The normalized spacial score (nSPS) is 17.5. The zero-order chi connectivity index (χ0) is 17.9. The molecule has 132 valence electrons. The summed E-state index contributed by atoms with van der Waals surface area (Å²) in [5.41, 5.74) is 2.93. The molecule has 0 radical (unpaired) electrons. The van der Waals surface area contributed by atoms with E-state index in [1.165, 1.54) is 0 Å². The molecule has 1 fully saturated rings. The van der Waals surface area contributed by atoms with E-state index in [9.17, 15) is 4.79 Å². The molecule has 0 aliphatic carbocycles. The summed E-state index contributed by atoms with van der Waals surface area (Å²) < 4.78 is 5.35. The van der Waals surface area contributed by atoms with Crippen LogP contribution in [-0.4, -0.2) is 39.2 Å². The van der Waals surface area contributed by atoms with Gasteiger partial charge in [0.25, 0.3) is 5.89 Å². The van der Waals surface area contributed by atoms with Crippen LogP contribution in [0.3, 0.4) is 0 Å². The Balaban J connectivity index is 1.44. The third-order valence-corrected chi connectivity index (χ3v) is 4.69. The molecule has 1 aliphatic heterocycles. The molecule has 0 spiro atoms. The number of aliphatic carboxylic acids is 1. The van der Waals surface area contributed by atoms with E-state index in [2.05, 4.69) is 15.0 Å². The molecule has 0 amide bonds. The molecule has 0 unspecified atom stereocenters. The van der Waals surface area contributed by atoms with Gasteiger partial charge in [-0.2, -0.15) is 4.98 Å². The van der Waals surface area contributed by atoms with Crippen molar-refractivity contribution in [3.8, 4) is 22.8 Å². The van der Waals surface area contributed by atoms with Crippen LogP contribution in [0.1, 0.15) is 12.0 Å². The average Bonchev–Trinajstić information content (AvgIpc) is 3.33. The van der Waals surface area contributed by atoms with Crippen LogP contribution in [0.2, 0.25) is 0 Å². The van der Waals surface area contributed by atoms with Gasteiger partial charge in [0, 0.05) is 24.2 Å². The van der Waals surface area contributed by atoms with Gasteiger partial charge in [0.05, 0.1) is 5.92 Å². The molecule has 4 rings (SSSR count). The van der Waals surface area contributed by atoms with Crippen molar-refractivity contribution in [1.82, 2.24) is 15.0 Å². The third-order valence-electron chi connectivity index (χ3n) is 4.69. The summed E-state index contributed by atoms with van der Waals surface area (Å²) in [6, 6.07) is 17.7. The van der Waals surface area contributed by atoms with Gasteiger partial charge >= 0.3 is 5.97 Å². The summed E-state index contributed by atoms with van der Waals surface area (Å²) >= 11 is 0. The van der Waals surface area contributed by atoms with E-state index in [1.54, 1.807) is 0 Å². The molecule has 0 saturated carbocycles. The third kappa shape index (κ3) is 3.50. The molecule has 2 aromatic carbocycles. The SMILES string of the molecule is O=C(O)[C@@H]1CCN(Cc2ccc(-c3noc(-c4ccccc4)n3)cc2)C1. The lowest BCUT2D eigenvalue weighted by Gasteiger charge is -2.15. The van der Waals surface area contributed by atoms with Crippen molar-refractivity contribution in [2.24, 2.45) is 5.92 Å². The van der Waals surface area contributed by atoms with Gasteiger partial charge in [-0.15, -0.1) is 0 Å². The lowest BCUT2D eigenvalue weighted by Crippen LogP contribution is -2.22. The minimum atomic E-state index is -0.700. The van der Waals surface area contributed by atoms with E-state index < -0.39 is 5.97 Å². The molecule has 1 N–H and O–H groups in total. The van der Waals surface area contributed by atoms with Crippen LogP contribution in [0.5, 0.6) is 0 Å². The highest BCUT2D eigenvalue weighted by atomic mass is 16.5. The molecule has 1 aromatic heterocycles. The summed E-state index contributed by atoms with van der Waals surface area (Å²) in [6.45, 7) is 2.19. The Morgan fingerprint density at radius 1 is 1.12 bits per heavy atom. The van der Waals surface area contributed by atoms with Crippen molar-refractivity contribution in [2.75, 3.05) is 13.1 Å². The molecule has 0 bridgehead atoms. The van der Waals surface area contributed by atoms with Gasteiger partial charge < -0.3 is 9.63 Å². The molecule has 1 saturated heterocycles. The molecular formula is C20H19N3O3. The number of hydrogen-bond donors (Lipinski definition) is 1. The Morgan fingerprint density at radius 3 is 2.58 bits per heavy atom. The second-order valence-electron chi connectivity index (χ2n) is 6.55. The van der Waals surface area contributed by atoms with Crippen LogP contribution in [0.4, 0.5) is 0 Å². The fourth-order valence-electron chi connectivity index (χ4n) is 3.23. The maximum atomic E-state index is 11.1. The van der Waals surface area contributed by atoms with Crippen molar-refractivity contribution in [1.29, 1.82) is 0 Å². The van der Waals surface area contributed by atoms with Crippen LogP contribution < -0.4 is 0 Å². The van der Waals surface area contributed by atoms with Crippen molar-refractivity contribution in [2.45, 2.75) is 13.0 Å². The monoisotopic (exact) mass is 349 g/mol. The van der Waals surface area contributed by atoms with E-state index >= 15 is 0 Å². The maximum Gasteiger partial charge on any atom is 0.307 e. The largest absolute Gasteiger partial charge is 0.481 e. The standard InChI is InChI=1S/C20H19N3O3/c24-20(25)17-10-11-23(13-17)12-14-6-8-15(9-7-14)18-21-19(26-22-18)16-4-2-1-3-5-16/h1-9,17H,10-13H2,(H,24,25)/t17-/m1/s1. The van der Waals surface area contributed by atoms with Crippen LogP contribution in [0, 0.1) is 5.92 Å². The second-order valence-corrected chi connectivity index (χ2v) is 6.55. The fourth-order valence-corrected chi connectivity index (χ4v) is 3.23. The predicted molar refractivity (Wildman–Crippen MR) is 96.2 cm³/mol. The zero-order valence-electron chi connectivity index (χ0n) is 14.2. The molecule has 3 aromatic rings. The van der Waals surface area contributed by atoms with Gasteiger partial charge in [-0.3, -0.25) is 9.69 Å². The minimum Gasteiger partial charge on any atom is -0.481 e. The Kier molecular flexibility index (Phi) is 4.50.